The second-order valence-corrected chi connectivity index (χ2v) is 5.44. The number of carbonyl (C=O) groups is 1. The Kier molecular flexibility index (Phi) is 3.36. The first kappa shape index (κ1) is 13.0. The smallest absolute Gasteiger partial charge is 0.253 e. The molecule has 0 unspecified atom stereocenters. The topological polar surface area (TPSA) is 66.3 Å². The van der Waals surface area contributed by atoms with E-state index in [2.05, 4.69) is 9.97 Å². The molecule has 0 spiro atoms. The first-order chi connectivity index (χ1) is 9.63. The molecule has 1 saturated carbocycles. The number of rotatable bonds is 3. The Labute approximate surface area is 117 Å². The van der Waals surface area contributed by atoms with E-state index in [1.165, 1.54) is 0 Å². The van der Waals surface area contributed by atoms with Gasteiger partial charge in [-0.1, -0.05) is 0 Å². The van der Waals surface area contributed by atoms with Crippen molar-refractivity contribution in [2.45, 2.75) is 18.9 Å². The number of aliphatic hydroxyl groups excluding tert-OH is 1. The van der Waals surface area contributed by atoms with Gasteiger partial charge in [0, 0.05) is 31.5 Å². The van der Waals surface area contributed by atoms with Crippen LogP contribution in [0.2, 0.25) is 0 Å². The molecule has 104 valence electrons. The van der Waals surface area contributed by atoms with E-state index in [4.69, 9.17) is 0 Å². The zero-order valence-electron chi connectivity index (χ0n) is 11.4. The summed E-state index contributed by atoms with van der Waals surface area (Å²) in [5.74, 6) is 0.401. The van der Waals surface area contributed by atoms with Crippen LogP contribution >= 0.6 is 0 Å². The highest BCUT2D eigenvalue weighted by molar-refractivity contribution is 5.97. The fraction of sp³-hybridized carbons (Fsp3) is 0.400. The average molecular weight is 271 g/mol. The van der Waals surface area contributed by atoms with Gasteiger partial charge >= 0.3 is 0 Å². The second kappa shape index (κ2) is 5.17. The van der Waals surface area contributed by atoms with E-state index < -0.39 is 0 Å². The molecule has 1 aliphatic rings. The van der Waals surface area contributed by atoms with Gasteiger partial charge in [0.25, 0.3) is 5.91 Å². The second-order valence-electron chi connectivity index (χ2n) is 5.44. The maximum absolute atomic E-state index is 12.4. The third-order valence-electron chi connectivity index (χ3n) is 3.81. The fourth-order valence-electron chi connectivity index (χ4n) is 2.64. The molecule has 20 heavy (non-hydrogen) atoms. The van der Waals surface area contributed by atoms with Crippen LogP contribution in [-0.4, -0.2) is 45.6 Å². The molecule has 0 atom stereocenters. The van der Waals surface area contributed by atoms with E-state index in [1.54, 1.807) is 36.5 Å². The summed E-state index contributed by atoms with van der Waals surface area (Å²) in [6.07, 6.45) is 4.66. The van der Waals surface area contributed by atoms with Crippen molar-refractivity contribution in [1.82, 2.24) is 14.9 Å². The Morgan fingerprint density at radius 1 is 1.30 bits per heavy atom. The number of hydrogen-bond donors (Lipinski definition) is 1. The normalized spacial score (nSPS) is 21.5. The monoisotopic (exact) mass is 271 g/mol. The van der Waals surface area contributed by atoms with Gasteiger partial charge in [-0.15, -0.1) is 0 Å². The molecule has 0 saturated heterocycles. The highest BCUT2D eigenvalue weighted by Crippen LogP contribution is 2.28. The molecule has 5 heteroatoms. The lowest BCUT2D eigenvalue weighted by atomic mass is 9.82. The number of amides is 1. The average Bonchev–Trinajstić information content (AvgIpc) is 2.44. The van der Waals surface area contributed by atoms with Crippen molar-refractivity contribution in [2.24, 2.45) is 5.92 Å². The van der Waals surface area contributed by atoms with Crippen LogP contribution in [-0.2, 0) is 0 Å². The van der Waals surface area contributed by atoms with Crippen LogP contribution in [0.15, 0.2) is 30.6 Å². The molecule has 1 N–H and O–H groups in total. The van der Waals surface area contributed by atoms with E-state index in [1.807, 2.05) is 6.07 Å². The Morgan fingerprint density at radius 2 is 2.00 bits per heavy atom. The molecular weight excluding hydrogens is 254 g/mol. The van der Waals surface area contributed by atoms with E-state index in [9.17, 15) is 9.90 Å². The number of fused-ring (bicyclic) bond motifs is 1. The maximum Gasteiger partial charge on any atom is 0.253 e. The molecule has 1 amide bonds. The molecular formula is C15H17N3O2. The number of aromatic nitrogens is 2. The van der Waals surface area contributed by atoms with E-state index in [0.29, 0.717) is 18.0 Å². The van der Waals surface area contributed by atoms with Gasteiger partial charge in [-0.25, -0.2) is 0 Å². The van der Waals surface area contributed by atoms with Gasteiger partial charge < -0.3 is 10.0 Å². The summed E-state index contributed by atoms with van der Waals surface area (Å²) in [4.78, 5) is 22.5. The molecule has 0 bridgehead atoms. The molecule has 1 aliphatic carbocycles. The quantitative estimate of drug-likeness (QED) is 0.918. The molecule has 0 radical (unpaired) electrons. The molecule has 2 aromatic rings. The van der Waals surface area contributed by atoms with E-state index >= 15 is 0 Å². The predicted molar refractivity (Wildman–Crippen MR) is 75.2 cm³/mol. The Balaban J connectivity index is 1.74. The first-order valence-corrected chi connectivity index (χ1v) is 6.78. The lowest BCUT2D eigenvalue weighted by molar-refractivity contribution is 0.0265. The van der Waals surface area contributed by atoms with Gasteiger partial charge in [0.2, 0.25) is 0 Å². The molecule has 0 aliphatic heterocycles. The number of carbonyl (C=O) groups excluding carboxylic acids is 1. The van der Waals surface area contributed by atoms with Crippen LogP contribution in [0.5, 0.6) is 0 Å². The lowest BCUT2D eigenvalue weighted by Gasteiger charge is -2.34. The summed E-state index contributed by atoms with van der Waals surface area (Å²) in [7, 11) is 1.80. The Morgan fingerprint density at radius 3 is 2.70 bits per heavy atom. The van der Waals surface area contributed by atoms with Gasteiger partial charge in [-0.05, 0) is 37.0 Å². The van der Waals surface area contributed by atoms with Crippen LogP contribution in [0, 0.1) is 5.92 Å². The largest absolute Gasteiger partial charge is 0.393 e. The SMILES string of the molecule is CN(CC1CC(O)C1)C(=O)c1ccc2nccnc2c1. The van der Waals surface area contributed by atoms with Crippen molar-refractivity contribution >= 4 is 16.9 Å². The van der Waals surface area contributed by atoms with Crippen molar-refractivity contribution in [3.05, 3.63) is 36.2 Å². The van der Waals surface area contributed by atoms with E-state index in [0.717, 1.165) is 23.9 Å². The number of hydrogen-bond acceptors (Lipinski definition) is 4. The predicted octanol–water partition coefficient (Wildman–Crippen LogP) is 1.47. The summed E-state index contributed by atoms with van der Waals surface area (Å²) < 4.78 is 0. The van der Waals surface area contributed by atoms with Gasteiger partial charge in [0.05, 0.1) is 17.1 Å². The summed E-state index contributed by atoms with van der Waals surface area (Å²) in [6, 6.07) is 5.37. The lowest BCUT2D eigenvalue weighted by Crippen LogP contribution is -2.39. The number of benzene rings is 1. The summed E-state index contributed by atoms with van der Waals surface area (Å²) in [5.41, 5.74) is 2.14. The van der Waals surface area contributed by atoms with E-state index in [-0.39, 0.29) is 12.0 Å². The van der Waals surface area contributed by atoms with Gasteiger partial charge in [0.15, 0.2) is 0 Å². The number of nitrogens with zero attached hydrogens (tertiary/aromatic N) is 3. The van der Waals surface area contributed by atoms with Crippen molar-refractivity contribution in [3.8, 4) is 0 Å². The Hall–Kier alpha value is -2.01. The van der Waals surface area contributed by atoms with Crippen molar-refractivity contribution in [2.75, 3.05) is 13.6 Å². The minimum atomic E-state index is -0.181. The van der Waals surface area contributed by atoms with Gasteiger partial charge in [-0.3, -0.25) is 14.8 Å². The van der Waals surface area contributed by atoms with Gasteiger partial charge in [0.1, 0.15) is 0 Å². The number of aliphatic hydroxyl groups is 1. The first-order valence-electron chi connectivity index (χ1n) is 6.78. The zero-order chi connectivity index (χ0) is 14.1. The van der Waals surface area contributed by atoms with Crippen LogP contribution in [0.4, 0.5) is 0 Å². The zero-order valence-corrected chi connectivity index (χ0v) is 11.4. The molecule has 3 rings (SSSR count). The third-order valence-corrected chi connectivity index (χ3v) is 3.81. The molecule has 1 fully saturated rings. The summed E-state index contributed by atoms with van der Waals surface area (Å²) >= 11 is 0. The maximum atomic E-state index is 12.4. The van der Waals surface area contributed by atoms with Crippen LogP contribution < -0.4 is 0 Å². The Bertz CT molecular complexity index is 638. The van der Waals surface area contributed by atoms with Crippen LogP contribution in [0.1, 0.15) is 23.2 Å². The van der Waals surface area contributed by atoms with Crippen LogP contribution in [0.25, 0.3) is 11.0 Å². The summed E-state index contributed by atoms with van der Waals surface area (Å²) in [6.45, 7) is 0.689. The van der Waals surface area contributed by atoms with Crippen LogP contribution in [0.3, 0.4) is 0 Å². The molecule has 1 heterocycles. The fourth-order valence-corrected chi connectivity index (χ4v) is 2.64. The van der Waals surface area contributed by atoms with Crippen molar-refractivity contribution in [1.29, 1.82) is 0 Å². The standard InChI is InChI=1S/C15H17N3O2/c1-18(9-10-6-12(19)7-10)15(20)11-2-3-13-14(8-11)17-5-4-16-13/h2-5,8,10,12,19H,6-7,9H2,1H3. The molecule has 1 aromatic carbocycles. The minimum Gasteiger partial charge on any atom is -0.393 e. The highest BCUT2D eigenvalue weighted by atomic mass is 16.3. The minimum absolute atomic E-state index is 0.0149. The van der Waals surface area contributed by atoms with Crippen molar-refractivity contribution in [3.63, 3.8) is 0 Å². The molecule has 5 nitrogen and oxygen atoms in total. The summed E-state index contributed by atoms with van der Waals surface area (Å²) in [5, 5.41) is 9.29. The highest BCUT2D eigenvalue weighted by Gasteiger charge is 2.29. The molecule has 1 aromatic heterocycles. The van der Waals surface area contributed by atoms with Crippen molar-refractivity contribution < 1.29 is 9.90 Å². The van der Waals surface area contributed by atoms with Gasteiger partial charge in [-0.2, -0.15) is 0 Å². The third kappa shape index (κ3) is 2.49.